The number of nitrogens with zero attached hydrogens (tertiary/aromatic N) is 2. The highest BCUT2D eigenvalue weighted by molar-refractivity contribution is 6.29. The number of ether oxygens (including phenoxy) is 1. The summed E-state index contributed by atoms with van der Waals surface area (Å²) in [5.74, 6) is 0.616. The zero-order valence-electron chi connectivity index (χ0n) is 8.79. The molecular formula is C9H14ClN3O2. The average Bonchev–Trinajstić information content (AvgIpc) is 2.55. The SMILES string of the molecule is COC(=O)CCNCc1ncc(Cl)n1C. The number of carbonyl (C=O) groups is 1. The van der Waals surface area contributed by atoms with E-state index in [0.29, 0.717) is 24.7 Å². The fourth-order valence-electron chi connectivity index (χ4n) is 1.08. The molecule has 0 aliphatic rings. The van der Waals surface area contributed by atoms with Crippen LogP contribution in [-0.4, -0.2) is 29.2 Å². The first-order chi connectivity index (χ1) is 7.15. The van der Waals surface area contributed by atoms with Crippen LogP contribution in [-0.2, 0) is 23.1 Å². The van der Waals surface area contributed by atoms with Gasteiger partial charge in [-0.05, 0) is 0 Å². The third-order valence-corrected chi connectivity index (χ3v) is 2.40. The predicted octanol–water partition coefficient (Wildman–Crippen LogP) is 0.726. The van der Waals surface area contributed by atoms with Gasteiger partial charge in [-0.15, -0.1) is 0 Å². The van der Waals surface area contributed by atoms with Crippen molar-refractivity contribution in [3.05, 3.63) is 17.2 Å². The highest BCUT2D eigenvalue weighted by Gasteiger charge is 2.04. The fraction of sp³-hybridized carbons (Fsp3) is 0.556. The van der Waals surface area contributed by atoms with Gasteiger partial charge in [0.25, 0.3) is 0 Å². The van der Waals surface area contributed by atoms with Gasteiger partial charge < -0.3 is 14.6 Å². The number of carbonyl (C=O) groups excluding carboxylic acids is 1. The lowest BCUT2D eigenvalue weighted by Gasteiger charge is -2.04. The molecular weight excluding hydrogens is 218 g/mol. The molecule has 15 heavy (non-hydrogen) atoms. The van der Waals surface area contributed by atoms with Crippen molar-refractivity contribution >= 4 is 17.6 Å². The van der Waals surface area contributed by atoms with Gasteiger partial charge in [0, 0.05) is 13.6 Å². The number of hydrogen-bond donors (Lipinski definition) is 1. The van der Waals surface area contributed by atoms with Crippen molar-refractivity contribution in [3.63, 3.8) is 0 Å². The highest BCUT2D eigenvalue weighted by Crippen LogP contribution is 2.08. The maximum Gasteiger partial charge on any atom is 0.306 e. The van der Waals surface area contributed by atoms with E-state index >= 15 is 0 Å². The number of esters is 1. The Kier molecular flexibility index (Phi) is 4.58. The molecule has 0 radical (unpaired) electrons. The molecule has 0 bridgehead atoms. The van der Waals surface area contributed by atoms with Crippen molar-refractivity contribution in [2.45, 2.75) is 13.0 Å². The number of nitrogens with one attached hydrogen (secondary N) is 1. The Morgan fingerprint density at radius 3 is 3.00 bits per heavy atom. The van der Waals surface area contributed by atoms with Gasteiger partial charge in [0.05, 0.1) is 26.3 Å². The lowest BCUT2D eigenvalue weighted by atomic mass is 10.4. The number of aromatic nitrogens is 2. The molecule has 1 aromatic heterocycles. The lowest BCUT2D eigenvalue weighted by Crippen LogP contribution is -2.20. The number of rotatable bonds is 5. The molecule has 1 N–H and O–H groups in total. The van der Waals surface area contributed by atoms with E-state index in [1.165, 1.54) is 7.11 Å². The van der Waals surface area contributed by atoms with E-state index in [0.717, 1.165) is 5.82 Å². The van der Waals surface area contributed by atoms with Crippen LogP contribution in [0.3, 0.4) is 0 Å². The van der Waals surface area contributed by atoms with Crippen molar-refractivity contribution in [3.8, 4) is 0 Å². The largest absolute Gasteiger partial charge is 0.469 e. The van der Waals surface area contributed by atoms with Crippen LogP contribution in [0.1, 0.15) is 12.2 Å². The summed E-state index contributed by atoms with van der Waals surface area (Å²) >= 11 is 5.81. The zero-order valence-corrected chi connectivity index (χ0v) is 9.54. The molecule has 0 saturated heterocycles. The van der Waals surface area contributed by atoms with E-state index in [9.17, 15) is 4.79 Å². The van der Waals surface area contributed by atoms with Gasteiger partial charge in [0.2, 0.25) is 0 Å². The molecule has 0 aliphatic heterocycles. The Morgan fingerprint density at radius 2 is 2.47 bits per heavy atom. The standard InChI is InChI=1S/C9H14ClN3O2/c1-13-7(10)5-12-8(13)6-11-4-3-9(14)15-2/h5,11H,3-4,6H2,1-2H3. The summed E-state index contributed by atoms with van der Waals surface area (Å²) in [5.41, 5.74) is 0. The fourth-order valence-corrected chi connectivity index (χ4v) is 1.23. The molecule has 0 atom stereocenters. The average molecular weight is 232 g/mol. The molecule has 5 nitrogen and oxygen atoms in total. The molecule has 1 heterocycles. The van der Waals surface area contributed by atoms with E-state index in [4.69, 9.17) is 11.6 Å². The molecule has 0 saturated carbocycles. The first-order valence-electron chi connectivity index (χ1n) is 4.58. The second-order valence-electron chi connectivity index (χ2n) is 3.06. The first-order valence-corrected chi connectivity index (χ1v) is 4.96. The van der Waals surface area contributed by atoms with E-state index < -0.39 is 0 Å². The highest BCUT2D eigenvalue weighted by atomic mass is 35.5. The van der Waals surface area contributed by atoms with E-state index in [1.807, 2.05) is 7.05 Å². The summed E-state index contributed by atoms with van der Waals surface area (Å²) in [6.07, 6.45) is 1.95. The monoisotopic (exact) mass is 231 g/mol. The smallest absolute Gasteiger partial charge is 0.306 e. The number of halogens is 1. The third kappa shape index (κ3) is 3.53. The minimum Gasteiger partial charge on any atom is -0.469 e. The van der Waals surface area contributed by atoms with Gasteiger partial charge in [0.15, 0.2) is 0 Å². The van der Waals surface area contributed by atoms with Gasteiger partial charge in [-0.2, -0.15) is 0 Å². The summed E-state index contributed by atoms with van der Waals surface area (Å²) < 4.78 is 6.29. The Hall–Kier alpha value is -1.07. The van der Waals surface area contributed by atoms with Crippen LogP contribution in [0.2, 0.25) is 5.15 Å². The number of methoxy groups -OCH3 is 1. The number of hydrogen-bond acceptors (Lipinski definition) is 4. The molecule has 0 fully saturated rings. The maximum atomic E-state index is 10.8. The third-order valence-electron chi connectivity index (χ3n) is 2.04. The van der Waals surface area contributed by atoms with Crippen molar-refractivity contribution in [2.75, 3.05) is 13.7 Å². The van der Waals surface area contributed by atoms with Crippen LogP contribution in [0.5, 0.6) is 0 Å². The van der Waals surface area contributed by atoms with Gasteiger partial charge in [0.1, 0.15) is 11.0 Å². The van der Waals surface area contributed by atoms with Crippen molar-refractivity contribution in [2.24, 2.45) is 7.05 Å². The van der Waals surface area contributed by atoms with Crippen molar-refractivity contribution in [1.82, 2.24) is 14.9 Å². The molecule has 0 amide bonds. The summed E-state index contributed by atoms with van der Waals surface area (Å²) in [6, 6.07) is 0. The molecule has 1 aromatic rings. The Labute approximate surface area is 93.4 Å². The second-order valence-corrected chi connectivity index (χ2v) is 3.45. The quantitative estimate of drug-likeness (QED) is 0.600. The lowest BCUT2D eigenvalue weighted by molar-refractivity contribution is -0.140. The molecule has 0 aromatic carbocycles. The molecule has 0 aliphatic carbocycles. The van der Waals surface area contributed by atoms with E-state index in [1.54, 1.807) is 10.8 Å². The van der Waals surface area contributed by atoms with Crippen LogP contribution >= 0.6 is 11.6 Å². The molecule has 6 heteroatoms. The summed E-state index contributed by atoms with van der Waals surface area (Å²) in [5, 5.41) is 3.68. The van der Waals surface area contributed by atoms with Crippen molar-refractivity contribution in [1.29, 1.82) is 0 Å². The minimum absolute atomic E-state index is 0.222. The summed E-state index contributed by atoms with van der Waals surface area (Å²) in [6.45, 7) is 1.15. The molecule has 84 valence electrons. The topological polar surface area (TPSA) is 56.1 Å². The van der Waals surface area contributed by atoms with Crippen molar-refractivity contribution < 1.29 is 9.53 Å². The first kappa shape index (κ1) is 12.0. The Balaban J connectivity index is 2.26. The minimum atomic E-state index is -0.222. The second kappa shape index (κ2) is 5.72. The molecule has 1 rings (SSSR count). The van der Waals surface area contributed by atoms with Crippen LogP contribution in [0.4, 0.5) is 0 Å². The Morgan fingerprint density at radius 1 is 1.73 bits per heavy atom. The Bertz CT molecular complexity index is 338. The normalized spacial score (nSPS) is 10.3. The predicted molar refractivity (Wildman–Crippen MR) is 56.6 cm³/mol. The van der Waals surface area contributed by atoms with Gasteiger partial charge >= 0.3 is 5.97 Å². The van der Waals surface area contributed by atoms with E-state index in [2.05, 4.69) is 15.0 Å². The van der Waals surface area contributed by atoms with Crippen LogP contribution in [0.15, 0.2) is 6.20 Å². The molecule has 0 unspecified atom stereocenters. The van der Waals surface area contributed by atoms with Gasteiger partial charge in [-0.3, -0.25) is 4.79 Å². The van der Waals surface area contributed by atoms with E-state index in [-0.39, 0.29) is 5.97 Å². The maximum absolute atomic E-state index is 10.8. The van der Waals surface area contributed by atoms with Crippen LogP contribution < -0.4 is 5.32 Å². The zero-order chi connectivity index (χ0) is 11.3. The molecule has 0 spiro atoms. The van der Waals surface area contributed by atoms with Gasteiger partial charge in [-0.25, -0.2) is 4.98 Å². The van der Waals surface area contributed by atoms with Crippen LogP contribution in [0, 0.1) is 0 Å². The summed E-state index contributed by atoms with van der Waals surface area (Å²) in [4.78, 5) is 14.9. The number of imidazole rings is 1. The van der Waals surface area contributed by atoms with Gasteiger partial charge in [-0.1, -0.05) is 11.6 Å². The summed E-state index contributed by atoms with van der Waals surface area (Å²) in [7, 11) is 3.22. The van der Waals surface area contributed by atoms with Crippen LogP contribution in [0.25, 0.3) is 0 Å².